The molecule has 4 heterocycles. The van der Waals surface area contributed by atoms with Gasteiger partial charge in [-0.05, 0) is 241 Å². The summed E-state index contributed by atoms with van der Waals surface area (Å²) in [5.41, 5.74) is 18.9. The third-order valence-electron chi connectivity index (χ3n) is 21.4. The second kappa shape index (κ2) is 42.6. The number of carbonyl (C=O) groups excluding carboxylic acids is 8. The predicted molar refractivity (Wildman–Crippen MR) is 485 cm³/mol. The highest BCUT2D eigenvalue weighted by Gasteiger charge is 2.33. The van der Waals surface area contributed by atoms with Gasteiger partial charge in [0.1, 0.15) is 54.6 Å². The fourth-order valence-corrected chi connectivity index (χ4v) is 20.2. The number of anilines is 7. The normalized spacial score (nSPS) is 12.7. The van der Waals surface area contributed by atoms with Crippen molar-refractivity contribution in [3.63, 3.8) is 0 Å². The van der Waals surface area contributed by atoms with E-state index < -0.39 is 23.5 Å². The highest BCUT2D eigenvalue weighted by Crippen LogP contribution is 2.45. The fraction of sp³-hybridized carbons (Fsp3) is 0.298. The molecule has 8 amide bonds. The molecular formula is C94H101FN8O16S4. The third-order valence-corrected chi connectivity index (χ3v) is 26.2. The van der Waals surface area contributed by atoms with E-state index in [1.807, 2.05) is 45.0 Å². The quantitative estimate of drug-likeness (QED) is 0.0283. The number of aryl methyl sites for hydroxylation is 7. The zero-order chi connectivity index (χ0) is 86.8. The van der Waals surface area contributed by atoms with Gasteiger partial charge in [0.05, 0.1) is 100 Å². The van der Waals surface area contributed by atoms with E-state index in [1.54, 1.807) is 111 Å². The first kappa shape index (κ1) is 91.6. The van der Waals surface area contributed by atoms with Crippen molar-refractivity contribution in [3.05, 3.63) is 265 Å². The number of rotatable bonds is 23. The number of nitrogens with two attached hydrogens (primary N) is 1. The first-order valence-electron chi connectivity index (χ1n) is 40.0. The molecule has 644 valence electrons. The van der Waals surface area contributed by atoms with Crippen LogP contribution in [0.1, 0.15) is 217 Å². The van der Waals surface area contributed by atoms with Crippen LogP contribution < -0.4 is 66.6 Å². The second-order valence-electron chi connectivity index (χ2n) is 29.5. The summed E-state index contributed by atoms with van der Waals surface area (Å²) >= 11 is 5.75. The molecule has 0 saturated heterocycles. The summed E-state index contributed by atoms with van der Waals surface area (Å²) in [5.74, 6) is -0.952. The maximum Gasteiger partial charge on any atom is 0.259 e. The minimum Gasteiger partial charge on any atom is -0.497 e. The molecule has 0 unspecified atom stereocenters. The zero-order valence-corrected chi connectivity index (χ0v) is 72.2. The third kappa shape index (κ3) is 21.7. The van der Waals surface area contributed by atoms with E-state index in [2.05, 4.69) is 37.2 Å². The van der Waals surface area contributed by atoms with E-state index in [9.17, 15) is 58.1 Å². The fourth-order valence-electron chi connectivity index (χ4n) is 15.1. The van der Waals surface area contributed by atoms with Crippen LogP contribution in [0, 0.1) is 26.6 Å². The van der Waals surface area contributed by atoms with Crippen LogP contribution in [0.15, 0.2) is 140 Å². The summed E-state index contributed by atoms with van der Waals surface area (Å²) in [6, 6.07) is 39.3. The van der Waals surface area contributed by atoms with Crippen LogP contribution in [0.25, 0.3) is 0 Å². The second-order valence-corrected chi connectivity index (χ2v) is 33.9. The molecule has 4 aliphatic carbocycles. The lowest BCUT2D eigenvalue weighted by Gasteiger charge is -2.15. The van der Waals surface area contributed by atoms with Gasteiger partial charge in [0, 0.05) is 47.8 Å². The first-order valence-corrected chi connectivity index (χ1v) is 43.3. The molecule has 0 saturated carbocycles. The lowest BCUT2D eigenvalue weighted by atomic mass is 9.95. The highest BCUT2D eigenvalue weighted by atomic mass is 32.1. The Hall–Kier alpha value is -12.1. The van der Waals surface area contributed by atoms with Gasteiger partial charge in [-0.3, -0.25) is 38.4 Å². The number of ether oxygens (including phenoxy) is 5. The van der Waals surface area contributed by atoms with Crippen LogP contribution in [0.2, 0.25) is 0 Å². The maximum absolute atomic E-state index is 14.1. The van der Waals surface area contributed by atoms with E-state index >= 15 is 0 Å². The SMILES string of the molecule is C.COc1c(C)ccc(C(=O)Nc2sc3c(c2C(N)=O)CCCC3)c1CO.COc1ccc(CO)cc1NC(=O)c1c(NC(=O)c2ccc(C)cc2)sc2c1CCCC2.COc1ccc(CO)cc1NC(=O)c1c(NC(=O)c2ccccc2F)sc2c1CCCC2.COc1ccc(NC(=O)c2c(NC(=O)c3ccc(C)cc3)sc3c2CCCC3)c(OC)c1. The summed E-state index contributed by atoms with van der Waals surface area (Å²) in [6.45, 7) is 5.15. The molecule has 0 radical (unpaired) electrons. The van der Waals surface area contributed by atoms with Gasteiger partial charge in [0.25, 0.3) is 47.3 Å². The number of thiophene rings is 4. The minimum absolute atomic E-state index is 0. The number of primary amides is 1. The number of hydrogen-bond acceptors (Lipinski definition) is 20. The van der Waals surface area contributed by atoms with E-state index in [0.29, 0.717) is 121 Å². The van der Waals surface area contributed by atoms with E-state index in [-0.39, 0.29) is 62.3 Å². The number of amides is 8. The number of methoxy groups -OCH3 is 5. The van der Waals surface area contributed by atoms with Crippen molar-refractivity contribution < 1.29 is 81.8 Å². The minimum atomic E-state index is -0.622. The molecule has 24 nitrogen and oxygen atoms in total. The van der Waals surface area contributed by atoms with Crippen LogP contribution in [-0.2, 0) is 71.2 Å². The number of halogens is 1. The number of aliphatic hydroxyl groups excluding tert-OH is 3. The summed E-state index contributed by atoms with van der Waals surface area (Å²) in [5, 5.41) is 51.0. The van der Waals surface area contributed by atoms with Gasteiger partial charge in [-0.15, -0.1) is 45.3 Å². The number of aliphatic hydroxyl groups is 3. The van der Waals surface area contributed by atoms with Gasteiger partial charge in [0.15, 0.2) is 0 Å². The smallest absolute Gasteiger partial charge is 0.259 e. The molecular weight excluding hydrogens is 1640 g/mol. The Labute approximate surface area is 729 Å². The van der Waals surface area contributed by atoms with Crippen molar-refractivity contribution in [2.45, 2.75) is 151 Å². The number of carbonyl (C=O) groups is 8. The number of hydrogen-bond donors (Lipinski definition) is 11. The molecule has 0 aliphatic heterocycles. The van der Waals surface area contributed by atoms with Gasteiger partial charge < -0.3 is 82.0 Å². The van der Waals surface area contributed by atoms with Crippen LogP contribution in [-0.4, -0.2) is 98.1 Å². The Morgan fingerprint density at radius 2 is 0.756 bits per heavy atom. The average Bonchev–Trinajstić information content (AvgIpc) is 1.66. The van der Waals surface area contributed by atoms with Gasteiger partial charge in [-0.1, -0.05) is 73.2 Å². The average molecular weight is 1750 g/mol. The Balaban J connectivity index is 0.000000160. The van der Waals surface area contributed by atoms with Crippen molar-refractivity contribution in [3.8, 4) is 28.7 Å². The van der Waals surface area contributed by atoms with Crippen molar-refractivity contribution in [1.82, 2.24) is 0 Å². The lowest BCUT2D eigenvalue weighted by Crippen LogP contribution is -2.19. The van der Waals surface area contributed by atoms with E-state index in [0.717, 1.165) is 156 Å². The largest absolute Gasteiger partial charge is 0.497 e. The Morgan fingerprint density at radius 1 is 0.374 bits per heavy atom. The molecule has 0 spiro atoms. The van der Waals surface area contributed by atoms with Crippen LogP contribution in [0.4, 0.5) is 41.5 Å². The summed E-state index contributed by atoms with van der Waals surface area (Å²) in [4.78, 5) is 108. The Morgan fingerprint density at radius 3 is 1.14 bits per heavy atom. The Bertz CT molecular complexity index is 5740. The van der Waals surface area contributed by atoms with Crippen LogP contribution in [0.3, 0.4) is 0 Å². The number of benzene rings is 7. The molecule has 11 aromatic rings. The summed E-state index contributed by atoms with van der Waals surface area (Å²) in [7, 11) is 7.65. The maximum atomic E-state index is 14.1. The van der Waals surface area contributed by atoms with Gasteiger partial charge >= 0.3 is 0 Å². The molecule has 7 aromatic carbocycles. The molecule has 0 bridgehead atoms. The first-order chi connectivity index (χ1) is 59.0. The van der Waals surface area contributed by atoms with E-state index in [1.165, 1.54) is 89.8 Å². The molecule has 123 heavy (non-hydrogen) atoms. The summed E-state index contributed by atoms with van der Waals surface area (Å²) < 4.78 is 40.8. The van der Waals surface area contributed by atoms with Crippen molar-refractivity contribution in [2.75, 3.05) is 72.8 Å². The standard InChI is InChI=1S/2C25H26N2O4S.C24H23FN2O4S.C19H22N2O4S.CH4/c1-15-8-10-16(11-9-15)23(28)27-25-22(18-6-4-5-7-21(18)32-25)24(29)26-19-13-12-17(30-2)14-20(19)31-3;1-15-7-10-17(11-8-15)23(29)27-25-22(18-5-3-4-6-21(18)32-25)24(30)26-19-13-16(14-28)9-12-20(19)31-2;1-31-19-11-10-14(13-28)12-18(19)26-23(30)21-16-7-3-5-9-20(16)32-24(21)27-22(29)15-6-2-4-8-17(15)25;1-10-7-8-11(13(9-22)16(10)25-2)18(24)21-19-15(17(20)23)12-5-3-4-6-14(12)26-19;/h8-14H,4-7H2,1-3H3,(H,26,29)(H,27,28);7-13,28H,3-6,14H2,1-2H3,(H,26,30)(H,27,29);2,4,6,8,10-12,28H,3,5,7,9,13H2,1H3,(H,26,30)(H,27,29);7-8,22H,3-6,9H2,1-2H3,(H2,20,23)(H,21,24);1H4. The predicted octanol–water partition coefficient (Wildman–Crippen LogP) is 18.6. The Kier molecular flexibility index (Phi) is 31.8. The molecule has 4 aromatic heterocycles. The molecule has 4 aliphatic rings. The van der Waals surface area contributed by atoms with E-state index in [4.69, 9.17) is 29.4 Å². The lowest BCUT2D eigenvalue weighted by molar-refractivity contribution is 0.0992. The van der Waals surface area contributed by atoms with Crippen LogP contribution >= 0.6 is 45.3 Å². The zero-order valence-electron chi connectivity index (χ0n) is 69.0. The van der Waals surface area contributed by atoms with Crippen molar-refractivity contribution in [2.24, 2.45) is 5.73 Å². The number of nitrogens with one attached hydrogen (secondary N) is 7. The highest BCUT2D eigenvalue weighted by molar-refractivity contribution is 7.18. The monoisotopic (exact) mass is 1740 g/mol. The van der Waals surface area contributed by atoms with Gasteiger partial charge in [0.2, 0.25) is 0 Å². The molecule has 29 heteroatoms. The van der Waals surface area contributed by atoms with Crippen molar-refractivity contribution >= 4 is 130 Å². The topological polar surface area (TPSA) is 354 Å². The van der Waals surface area contributed by atoms with Crippen molar-refractivity contribution in [1.29, 1.82) is 0 Å². The molecule has 12 N–H and O–H groups in total. The summed E-state index contributed by atoms with van der Waals surface area (Å²) in [6.07, 6.45) is 15.0. The van der Waals surface area contributed by atoms with Gasteiger partial charge in [-0.2, -0.15) is 0 Å². The molecule has 0 fully saturated rings. The van der Waals surface area contributed by atoms with Gasteiger partial charge in [-0.25, -0.2) is 4.39 Å². The molecule has 15 rings (SSSR count). The molecule has 0 atom stereocenters. The van der Waals surface area contributed by atoms with Crippen LogP contribution in [0.5, 0.6) is 28.7 Å². The number of fused-ring (bicyclic) bond motifs is 4.